The molecule has 0 aliphatic rings. The van der Waals surface area contributed by atoms with Crippen LogP contribution in [0, 0.1) is 6.58 Å². The molecule has 4 aromatic heterocycles. The molecule has 35 heavy (non-hydrogen) atoms. The Kier molecular flexibility index (Phi) is 7.37. The summed E-state index contributed by atoms with van der Waals surface area (Å²) in [6.07, 6.45) is 8.57. The number of aromatic nitrogens is 3. The molecule has 8 heteroatoms. The van der Waals surface area contributed by atoms with E-state index in [9.17, 15) is 0 Å². The van der Waals surface area contributed by atoms with Crippen LogP contribution >= 0.6 is 0 Å². The van der Waals surface area contributed by atoms with Crippen molar-refractivity contribution in [2.75, 3.05) is 11.6 Å². The van der Waals surface area contributed by atoms with Gasteiger partial charge < -0.3 is 29.8 Å². The van der Waals surface area contributed by atoms with E-state index in [0.29, 0.717) is 12.6 Å². The predicted molar refractivity (Wildman–Crippen MR) is 132 cm³/mol. The van der Waals surface area contributed by atoms with Crippen LogP contribution in [-0.4, -0.2) is 22.4 Å². The van der Waals surface area contributed by atoms with Crippen molar-refractivity contribution < 1.29 is 34.8 Å². The minimum atomic E-state index is 0. The van der Waals surface area contributed by atoms with Crippen molar-refractivity contribution in [1.82, 2.24) is 9.55 Å². The third-order valence-electron chi connectivity index (χ3n) is 5.58. The second-order valence-electron chi connectivity index (χ2n) is 7.87. The third kappa shape index (κ3) is 5.00. The van der Waals surface area contributed by atoms with Gasteiger partial charge in [-0.2, -0.15) is 0 Å². The number of aryl methyl sites for hydroxylation is 2. The Morgan fingerprint density at radius 3 is 2.86 bits per heavy atom. The number of pyridine rings is 1. The van der Waals surface area contributed by atoms with Gasteiger partial charge in [0.15, 0.2) is 5.65 Å². The quantitative estimate of drug-likeness (QED) is 0.104. The van der Waals surface area contributed by atoms with Crippen molar-refractivity contribution in [3.63, 3.8) is 0 Å². The molecule has 0 N–H and O–H groups in total. The molecule has 0 aliphatic heterocycles. The molecule has 0 amide bonds. The Labute approximate surface area is 218 Å². The van der Waals surface area contributed by atoms with Crippen LogP contribution in [0.2, 0.25) is 0 Å². The smallest absolute Gasteiger partial charge is 0.476 e. The molecular weight excluding hydrogens is 621 g/mol. The van der Waals surface area contributed by atoms with Crippen molar-refractivity contribution >= 4 is 28.8 Å². The van der Waals surface area contributed by atoms with E-state index in [-0.39, 0.29) is 21.1 Å². The van der Waals surface area contributed by atoms with Gasteiger partial charge in [-0.1, -0.05) is 41.5 Å². The van der Waals surface area contributed by atoms with Crippen LogP contribution in [0.4, 0.5) is 11.5 Å². The maximum atomic E-state index is 5.28. The van der Waals surface area contributed by atoms with Crippen LogP contribution in [0.15, 0.2) is 95.0 Å². The van der Waals surface area contributed by atoms with Gasteiger partial charge in [-0.05, 0) is 24.3 Å². The number of fused-ring (bicyclic) bond motifs is 1. The van der Waals surface area contributed by atoms with Gasteiger partial charge in [0.1, 0.15) is 18.7 Å². The van der Waals surface area contributed by atoms with Gasteiger partial charge in [-0.3, -0.25) is 4.99 Å². The molecule has 0 saturated heterocycles. The van der Waals surface area contributed by atoms with Crippen molar-refractivity contribution in [3.8, 4) is 17.2 Å². The average Bonchev–Trinajstić information content (AvgIpc) is 3.56. The van der Waals surface area contributed by atoms with Gasteiger partial charge in [0, 0.05) is 41.6 Å². The molecule has 0 aliphatic carbocycles. The van der Waals surface area contributed by atoms with Crippen molar-refractivity contribution in [2.45, 2.75) is 0 Å². The van der Waals surface area contributed by atoms with Crippen molar-refractivity contribution in [2.24, 2.45) is 19.1 Å². The number of aliphatic imine (C=N–C) groups is 1. The summed E-state index contributed by atoms with van der Waals surface area (Å²) >= 11 is 0. The number of hydrogen-bond acceptors (Lipinski definition) is 5. The Bertz CT molecular complexity index is 1470. The molecule has 0 radical (unpaired) electrons. The molecule has 4 heterocycles. The zero-order valence-electron chi connectivity index (χ0n) is 19.3. The standard InChI is InChI=1S/C27H24N5O2.Pt/c1-4-33-26-15-20(18-34-26)16-28-19-32(21-9-6-5-7-10-21)25-12-8-11-24(29-25)23-17-31(3)27-22(23)13-14-30(27)2;/h1,4-18H,19H2,2-3H3;/q-1;+2/b28-16+;. The molecule has 178 valence electrons. The predicted octanol–water partition coefficient (Wildman–Crippen LogP) is 4.91. The normalized spacial score (nSPS) is 11.0. The molecule has 0 bridgehead atoms. The second kappa shape index (κ2) is 10.6. The van der Waals surface area contributed by atoms with Crippen LogP contribution in [0.3, 0.4) is 0 Å². The second-order valence-corrected chi connectivity index (χ2v) is 7.87. The Hall–Kier alpha value is -3.83. The fourth-order valence-corrected chi connectivity index (χ4v) is 4.07. The first kappa shape index (κ1) is 24.3. The zero-order chi connectivity index (χ0) is 23.5. The van der Waals surface area contributed by atoms with Gasteiger partial charge >= 0.3 is 21.1 Å². The van der Waals surface area contributed by atoms with E-state index in [1.165, 1.54) is 5.39 Å². The number of benzene rings is 1. The maximum Gasteiger partial charge on any atom is 2.00 e. The van der Waals surface area contributed by atoms with E-state index < -0.39 is 0 Å². The number of hydrogen-bond donors (Lipinski definition) is 0. The van der Waals surface area contributed by atoms with Gasteiger partial charge in [0.05, 0.1) is 14.1 Å². The van der Waals surface area contributed by atoms with Crippen LogP contribution < -0.4 is 14.2 Å². The topological polar surface area (TPSA) is 59.7 Å². The first-order valence-corrected chi connectivity index (χ1v) is 10.8. The number of ether oxygens (including phenoxy) is 1. The van der Waals surface area contributed by atoms with Gasteiger partial charge in [-0.15, -0.1) is 6.07 Å². The fraction of sp³-hybridized carbons (Fsp3) is 0.111. The summed E-state index contributed by atoms with van der Waals surface area (Å²) in [6.45, 7) is 5.64. The number of rotatable bonds is 8. The van der Waals surface area contributed by atoms with E-state index in [4.69, 9.17) is 20.7 Å². The van der Waals surface area contributed by atoms with Gasteiger partial charge in [0.25, 0.3) is 5.95 Å². The first-order valence-electron chi connectivity index (χ1n) is 10.8. The SMILES string of the molecule is [CH-]=COc1cc(/C=N/CN(c2ccccc2)c2cccc(-c3cn(C)c4c3[cH-]c[n+]4C)n2)co1.[Pt+2]. The Morgan fingerprint density at radius 2 is 2.06 bits per heavy atom. The van der Waals surface area contributed by atoms with Crippen LogP contribution in [-0.2, 0) is 35.2 Å². The van der Waals surface area contributed by atoms with Gasteiger partial charge in [0.2, 0.25) is 0 Å². The minimum absolute atomic E-state index is 0. The number of nitrogens with zero attached hydrogens (tertiary/aromatic N) is 5. The van der Waals surface area contributed by atoms with Gasteiger partial charge in [-0.25, -0.2) is 4.98 Å². The monoisotopic (exact) mass is 645 g/mol. The molecule has 7 nitrogen and oxygen atoms in total. The molecule has 0 unspecified atom stereocenters. The largest absolute Gasteiger partial charge is 2.00 e. The summed E-state index contributed by atoms with van der Waals surface area (Å²) in [5, 5.41) is 1.17. The van der Waals surface area contributed by atoms with Crippen LogP contribution in [0.25, 0.3) is 22.3 Å². The van der Waals surface area contributed by atoms with E-state index in [0.717, 1.165) is 40.2 Å². The minimum Gasteiger partial charge on any atom is -0.476 e. The molecule has 1 aromatic carbocycles. The molecule has 5 rings (SSSR count). The first-order chi connectivity index (χ1) is 16.6. The average molecular weight is 646 g/mol. The number of furan rings is 1. The van der Waals surface area contributed by atoms with E-state index in [1.807, 2.05) is 48.5 Å². The molecule has 0 spiro atoms. The molecule has 0 atom stereocenters. The summed E-state index contributed by atoms with van der Waals surface area (Å²) in [6, 6.07) is 20.0. The van der Waals surface area contributed by atoms with Crippen molar-refractivity contribution in [3.05, 3.63) is 97.7 Å². The summed E-state index contributed by atoms with van der Waals surface area (Å²) in [4.78, 5) is 11.7. The molecular formula is C27H24N5O2Pt+. The fourth-order valence-electron chi connectivity index (χ4n) is 4.07. The van der Waals surface area contributed by atoms with E-state index in [1.54, 1.807) is 18.5 Å². The summed E-state index contributed by atoms with van der Waals surface area (Å²) in [7, 11) is 4.10. The maximum absolute atomic E-state index is 5.28. The van der Waals surface area contributed by atoms with Crippen LogP contribution in [0.5, 0.6) is 5.95 Å². The third-order valence-corrected chi connectivity index (χ3v) is 5.58. The van der Waals surface area contributed by atoms with Crippen LogP contribution in [0.1, 0.15) is 5.56 Å². The number of anilines is 2. The summed E-state index contributed by atoms with van der Waals surface area (Å²) in [5.74, 6) is 1.12. The summed E-state index contributed by atoms with van der Waals surface area (Å²) in [5.41, 5.74) is 4.94. The summed E-state index contributed by atoms with van der Waals surface area (Å²) < 4.78 is 14.6. The Morgan fingerprint density at radius 1 is 1.23 bits per heavy atom. The van der Waals surface area contributed by atoms with Crippen molar-refractivity contribution in [1.29, 1.82) is 0 Å². The molecule has 0 saturated carbocycles. The number of para-hydroxylation sites is 1. The molecule has 5 aromatic rings. The molecule has 0 fully saturated rings. The Balaban J connectivity index is 0.00000289. The van der Waals surface area contributed by atoms with E-state index in [2.05, 4.69) is 51.6 Å². The van der Waals surface area contributed by atoms with E-state index >= 15 is 0 Å². The zero-order valence-corrected chi connectivity index (χ0v) is 21.6.